The molecule has 0 saturated carbocycles. The molecule has 126 valence electrons. The van der Waals surface area contributed by atoms with Crippen LogP contribution in [0.4, 0.5) is 16.8 Å². The fraction of sp³-hybridized carbons (Fsp3) is 0.583. The van der Waals surface area contributed by atoms with Gasteiger partial charge in [0.05, 0.1) is 17.4 Å². The number of anilines is 3. The summed E-state index contributed by atoms with van der Waals surface area (Å²) in [5.74, 6) is 3.55. The second kappa shape index (κ2) is 8.64. The highest BCUT2D eigenvalue weighted by Crippen LogP contribution is 2.21. The van der Waals surface area contributed by atoms with Gasteiger partial charge in [-0.3, -0.25) is 10.6 Å². The third-order valence-corrected chi connectivity index (χ3v) is 5.50. The van der Waals surface area contributed by atoms with Gasteiger partial charge in [0.15, 0.2) is 16.8 Å². The third-order valence-electron chi connectivity index (χ3n) is 3.16. The lowest BCUT2D eigenvalue weighted by Crippen LogP contribution is -2.38. The molecular weight excluding hydrogens is 352 g/mol. The Morgan fingerprint density at radius 2 is 2.13 bits per heavy atom. The Morgan fingerprint density at radius 1 is 1.30 bits per heavy atom. The third kappa shape index (κ3) is 4.91. The number of aromatic nitrogens is 3. The minimum Gasteiger partial charge on any atom is -0.369 e. The van der Waals surface area contributed by atoms with E-state index in [1.807, 2.05) is 18.8 Å². The average molecular weight is 373 g/mol. The van der Waals surface area contributed by atoms with Crippen molar-refractivity contribution in [2.24, 2.45) is 0 Å². The maximum absolute atomic E-state index is 4.60. The molecule has 0 amide bonds. The van der Waals surface area contributed by atoms with Crippen molar-refractivity contribution in [3.63, 3.8) is 0 Å². The second-order valence-corrected chi connectivity index (χ2v) is 7.31. The summed E-state index contributed by atoms with van der Waals surface area (Å²) >= 11 is 4.71. The van der Waals surface area contributed by atoms with E-state index < -0.39 is 0 Å². The Kier molecular flexibility index (Phi) is 6.28. The predicted molar refractivity (Wildman–Crippen MR) is 99.6 cm³/mol. The van der Waals surface area contributed by atoms with Gasteiger partial charge in [-0.2, -0.15) is 20.5 Å². The highest BCUT2D eigenvalue weighted by atomic mass is 32.2. The van der Waals surface area contributed by atoms with Crippen molar-refractivity contribution in [1.82, 2.24) is 24.4 Å². The molecule has 23 heavy (non-hydrogen) atoms. The van der Waals surface area contributed by atoms with Crippen molar-refractivity contribution in [2.75, 3.05) is 48.4 Å². The van der Waals surface area contributed by atoms with Crippen LogP contribution in [0.15, 0.2) is 5.38 Å². The molecule has 1 fully saturated rings. The fourth-order valence-electron chi connectivity index (χ4n) is 2.06. The zero-order valence-electron chi connectivity index (χ0n) is 12.8. The summed E-state index contributed by atoms with van der Waals surface area (Å²) < 4.78 is 8.36. The lowest BCUT2D eigenvalue weighted by molar-refractivity contribution is 0.620. The van der Waals surface area contributed by atoms with Gasteiger partial charge in [-0.1, -0.05) is 0 Å². The van der Waals surface area contributed by atoms with Gasteiger partial charge in [0.25, 0.3) is 0 Å². The Morgan fingerprint density at radius 3 is 2.96 bits per heavy atom. The number of thioether (sulfide) groups is 1. The van der Waals surface area contributed by atoms with Crippen LogP contribution in [0.2, 0.25) is 0 Å². The van der Waals surface area contributed by atoms with Gasteiger partial charge in [0.2, 0.25) is 0 Å². The molecule has 1 saturated heterocycles. The summed E-state index contributed by atoms with van der Waals surface area (Å²) in [4.78, 5) is 4.60. The van der Waals surface area contributed by atoms with Gasteiger partial charge in [-0.25, -0.2) is 4.98 Å². The minimum absolute atomic E-state index is 0.138. The first-order chi connectivity index (χ1) is 11.3. The molecule has 0 aromatic carbocycles. The van der Waals surface area contributed by atoms with Crippen LogP contribution in [-0.2, 0) is 5.75 Å². The van der Waals surface area contributed by atoms with Gasteiger partial charge in [-0.15, -0.1) is 11.3 Å². The van der Waals surface area contributed by atoms with Crippen LogP contribution in [0.1, 0.15) is 5.69 Å². The number of hydrogen-bond acceptors (Lipinski definition) is 11. The summed E-state index contributed by atoms with van der Waals surface area (Å²) in [6, 6.07) is 0. The molecule has 0 atom stereocenters. The molecule has 0 bridgehead atoms. The normalized spacial score (nSPS) is 15.0. The first-order valence-corrected chi connectivity index (χ1v) is 10.1. The van der Waals surface area contributed by atoms with E-state index in [1.54, 1.807) is 11.3 Å². The summed E-state index contributed by atoms with van der Waals surface area (Å²) in [6.07, 6.45) is 0.138. The summed E-state index contributed by atoms with van der Waals surface area (Å²) in [5.41, 5.74) is 1.12. The number of thiazole rings is 1. The van der Waals surface area contributed by atoms with E-state index in [9.17, 15) is 0 Å². The maximum Gasteiger partial charge on any atom is 0.185 e. The van der Waals surface area contributed by atoms with E-state index in [2.05, 4.69) is 45.7 Å². The molecule has 0 spiro atoms. The molecule has 0 aliphatic carbocycles. The zero-order chi connectivity index (χ0) is 15.9. The van der Waals surface area contributed by atoms with Crippen LogP contribution in [0.5, 0.6) is 0 Å². The van der Waals surface area contributed by atoms with Crippen molar-refractivity contribution in [2.45, 2.75) is 12.0 Å². The molecule has 1 aliphatic rings. The van der Waals surface area contributed by atoms with E-state index >= 15 is 0 Å². The lowest BCUT2D eigenvalue weighted by atomic mass is 10.6. The molecular formula is C12H20N8S3. The number of nitrogens with one attached hydrogen (secondary N) is 5. The SMILES string of the molecule is CNc1nsnc1NCCSCc1csc(NC2NCCN2)n1. The van der Waals surface area contributed by atoms with Gasteiger partial charge in [-0.05, 0) is 0 Å². The highest BCUT2D eigenvalue weighted by Gasteiger charge is 2.13. The van der Waals surface area contributed by atoms with E-state index in [-0.39, 0.29) is 6.29 Å². The summed E-state index contributed by atoms with van der Waals surface area (Å²) in [5, 5.41) is 19.3. The number of rotatable bonds is 9. The maximum atomic E-state index is 4.60. The average Bonchev–Trinajstić information content (AvgIpc) is 3.29. The fourth-order valence-corrected chi connectivity index (χ4v) is 4.18. The molecule has 11 heteroatoms. The van der Waals surface area contributed by atoms with Crippen molar-refractivity contribution in [3.05, 3.63) is 11.1 Å². The molecule has 3 rings (SSSR count). The van der Waals surface area contributed by atoms with Crippen LogP contribution in [0.25, 0.3) is 0 Å². The first-order valence-electron chi connectivity index (χ1n) is 7.35. The van der Waals surface area contributed by atoms with Crippen molar-refractivity contribution in [3.8, 4) is 0 Å². The van der Waals surface area contributed by atoms with E-state index in [0.717, 1.165) is 53.6 Å². The quantitative estimate of drug-likeness (QED) is 0.417. The van der Waals surface area contributed by atoms with Crippen LogP contribution < -0.4 is 26.6 Å². The van der Waals surface area contributed by atoms with E-state index in [1.165, 1.54) is 11.7 Å². The zero-order valence-corrected chi connectivity index (χ0v) is 15.2. The molecule has 1 aliphatic heterocycles. The molecule has 3 heterocycles. The Balaban J connectivity index is 1.33. The Bertz CT molecular complexity index is 595. The van der Waals surface area contributed by atoms with Crippen LogP contribution >= 0.6 is 34.8 Å². The topological polar surface area (TPSA) is 98.8 Å². The Labute approximate surface area is 147 Å². The molecule has 5 N–H and O–H groups in total. The van der Waals surface area contributed by atoms with E-state index in [4.69, 9.17) is 0 Å². The van der Waals surface area contributed by atoms with Crippen LogP contribution in [0.3, 0.4) is 0 Å². The number of hydrogen-bond donors (Lipinski definition) is 5. The standard InChI is InChI=1S/C12H20N8S3/c1-13-9-10(20-23-19-9)14-4-5-21-6-8-7-22-12(17-8)18-11-15-2-3-16-11/h7,11,15-16H,2-6H2,1H3,(H,13,19)(H,14,20)(H,17,18). The van der Waals surface area contributed by atoms with E-state index in [0.29, 0.717) is 0 Å². The monoisotopic (exact) mass is 372 g/mol. The van der Waals surface area contributed by atoms with Gasteiger partial charge in [0, 0.05) is 43.6 Å². The lowest BCUT2D eigenvalue weighted by Gasteiger charge is -2.11. The predicted octanol–water partition coefficient (Wildman–Crippen LogP) is 1.27. The summed E-state index contributed by atoms with van der Waals surface area (Å²) in [7, 11) is 1.85. The number of nitrogens with zero attached hydrogens (tertiary/aromatic N) is 3. The molecule has 2 aromatic rings. The van der Waals surface area contributed by atoms with Crippen LogP contribution in [0, 0.1) is 0 Å². The smallest absolute Gasteiger partial charge is 0.185 e. The highest BCUT2D eigenvalue weighted by molar-refractivity contribution is 7.98. The van der Waals surface area contributed by atoms with Gasteiger partial charge < -0.3 is 16.0 Å². The van der Waals surface area contributed by atoms with Gasteiger partial charge >= 0.3 is 0 Å². The van der Waals surface area contributed by atoms with Gasteiger partial charge in [0.1, 0.15) is 6.29 Å². The second-order valence-electron chi connectivity index (χ2n) is 4.82. The Hall–Kier alpha value is -1.14. The van der Waals surface area contributed by atoms with Crippen molar-refractivity contribution in [1.29, 1.82) is 0 Å². The summed E-state index contributed by atoms with van der Waals surface area (Å²) in [6.45, 7) is 2.83. The minimum atomic E-state index is 0.138. The molecule has 2 aromatic heterocycles. The van der Waals surface area contributed by atoms with Crippen molar-refractivity contribution < 1.29 is 0 Å². The molecule has 0 radical (unpaired) electrons. The largest absolute Gasteiger partial charge is 0.369 e. The first kappa shape index (κ1) is 16.7. The van der Waals surface area contributed by atoms with Crippen molar-refractivity contribution >= 4 is 51.6 Å². The molecule has 0 unspecified atom stereocenters. The van der Waals surface area contributed by atoms with Crippen LogP contribution in [-0.4, -0.2) is 52.5 Å². The molecule has 8 nitrogen and oxygen atoms in total.